The summed E-state index contributed by atoms with van der Waals surface area (Å²) in [6, 6.07) is 15.5. The molecule has 3 rings (SSSR count). The van der Waals surface area contributed by atoms with Crippen LogP contribution in [0, 0.1) is 0 Å². The molecule has 5 heteroatoms. The Morgan fingerprint density at radius 3 is 2.83 bits per heavy atom. The normalized spacial score (nSPS) is 10.7. The molecule has 0 spiro atoms. The van der Waals surface area contributed by atoms with Crippen molar-refractivity contribution in [2.75, 3.05) is 13.2 Å². The van der Waals surface area contributed by atoms with Crippen molar-refractivity contribution in [2.45, 2.75) is 19.3 Å². The molecule has 0 unspecified atom stereocenters. The number of carbonyl (C=O) groups is 1. The van der Waals surface area contributed by atoms with E-state index in [2.05, 4.69) is 14.7 Å². The molecule has 0 saturated carbocycles. The van der Waals surface area contributed by atoms with Gasteiger partial charge < -0.3 is 14.5 Å². The first kappa shape index (κ1) is 16.1. The predicted octanol–water partition coefficient (Wildman–Crippen LogP) is 2.85. The summed E-state index contributed by atoms with van der Waals surface area (Å²) in [7, 11) is 0. The second-order valence-electron chi connectivity index (χ2n) is 5.53. The Kier molecular flexibility index (Phi) is 5.45. The molecular weight excluding hydrogens is 302 g/mol. The summed E-state index contributed by atoms with van der Waals surface area (Å²) in [5.41, 5.74) is 1.09. The molecular formula is C19H21N3O2. The Labute approximate surface area is 141 Å². The molecule has 0 fully saturated rings. The second kappa shape index (κ2) is 8.15. The van der Waals surface area contributed by atoms with Crippen LogP contribution in [-0.2, 0) is 11.2 Å². The van der Waals surface area contributed by atoms with Gasteiger partial charge in [0.2, 0.25) is 5.91 Å². The molecule has 0 atom stereocenters. The van der Waals surface area contributed by atoms with Crippen LogP contribution in [0.4, 0.5) is 0 Å². The topological polar surface area (TPSA) is 55.6 Å². The van der Waals surface area contributed by atoms with E-state index in [0.717, 1.165) is 29.9 Å². The van der Waals surface area contributed by atoms with E-state index in [4.69, 9.17) is 4.74 Å². The van der Waals surface area contributed by atoms with E-state index in [1.54, 1.807) is 0 Å². The van der Waals surface area contributed by atoms with Crippen molar-refractivity contribution < 1.29 is 9.53 Å². The lowest BCUT2D eigenvalue weighted by Crippen LogP contribution is -2.26. The number of ether oxygens (including phenoxy) is 1. The van der Waals surface area contributed by atoms with Gasteiger partial charge in [0.05, 0.1) is 24.7 Å². The van der Waals surface area contributed by atoms with Gasteiger partial charge in [-0.1, -0.05) is 24.3 Å². The molecule has 0 radical (unpaired) electrons. The van der Waals surface area contributed by atoms with Crippen LogP contribution in [0.15, 0.2) is 60.9 Å². The Morgan fingerprint density at radius 2 is 1.96 bits per heavy atom. The fourth-order valence-electron chi connectivity index (χ4n) is 2.53. The SMILES string of the molecule is O=C(CCOc1ccccc1)NCCCc1ncc2ccccn12. The second-order valence-corrected chi connectivity index (χ2v) is 5.53. The smallest absolute Gasteiger partial charge is 0.223 e. The molecule has 0 bridgehead atoms. The van der Waals surface area contributed by atoms with Crippen molar-refractivity contribution in [3.05, 3.63) is 66.7 Å². The molecule has 3 aromatic rings. The van der Waals surface area contributed by atoms with Gasteiger partial charge in [-0.05, 0) is 30.7 Å². The largest absolute Gasteiger partial charge is 0.493 e. The molecule has 2 aromatic heterocycles. The van der Waals surface area contributed by atoms with Crippen molar-refractivity contribution in [3.8, 4) is 5.75 Å². The van der Waals surface area contributed by atoms with Crippen molar-refractivity contribution >= 4 is 11.4 Å². The maximum absolute atomic E-state index is 11.8. The van der Waals surface area contributed by atoms with Gasteiger partial charge in [0, 0.05) is 19.2 Å². The molecule has 1 N–H and O–H groups in total. The van der Waals surface area contributed by atoms with E-state index in [9.17, 15) is 4.79 Å². The summed E-state index contributed by atoms with van der Waals surface area (Å²) in [6.07, 6.45) is 5.94. The number of aromatic nitrogens is 2. The lowest BCUT2D eigenvalue weighted by molar-refractivity contribution is -0.121. The molecule has 24 heavy (non-hydrogen) atoms. The zero-order chi connectivity index (χ0) is 16.6. The minimum Gasteiger partial charge on any atom is -0.493 e. The van der Waals surface area contributed by atoms with Crippen LogP contribution in [0.5, 0.6) is 5.75 Å². The zero-order valence-corrected chi connectivity index (χ0v) is 13.5. The van der Waals surface area contributed by atoms with Crippen LogP contribution in [0.2, 0.25) is 0 Å². The average Bonchev–Trinajstić information content (AvgIpc) is 3.03. The summed E-state index contributed by atoms with van der Waals surface area (Å²) in [5.74, 6) is 1.82. The molecule has 5 nitrogen and oxygen atoms in total. The quantitative estimate of drug-likeness (QED) is 0.649. The highest BCUT2D eigenvalue weighted by Crippen LogP contribution is 2.09. The van der Waals surface area contributed by atoms with Crippen molar-refractivity contribution in [2.24, 2.45) is 0 Å². The molecule has 1 amide bonds. The summed E-state index contributed by atoms with van der Waals surface area (Å²) < 4.78 is 7.59. The van der Waals surface area contributed by atoms with Gasteiger partial charge in [0.25, 0.3) is 0 Å². The number of rotatable bonds is 8. The van der Waals surface area contributed by atoms with Crippen LogP contribution < -0.4 is 10.1 Å². The number of imidazole rings is 1. The Morgan fingerprint density at radius 1 is 1.12 bits per heavy atom. The molecule has 124 valence electrons. The molecule has 0 saturated heterocycles. The number of nitrogens with zero attached hydrogens (tertiary/aromatic N) is 2. The monoisotopic (exact) mass is 323 g/mol. The predicted molar refractivity (Wildman–Crippen MR) is 93.1 cm³/mol. The number of benzene rings is 1. The standard InChI is InChI=1S/C19H21N3O2/c23-19(11-14-24-17-8-2-1-3-9-17)20-12-6-10-18-21-15-16-7-4-5-13-22(16)18/h1-5,7-9,13,15H,6,10-12,14H2,(H,20,23). The number of hydrogen-bond donors (Lipinski definition) is 1. The summed E-state index contributed by atoms with van der Waals surface area (Å²) in [5, 5.41) is 2.92. The maximum Gasteiger partial charge on any atom is 0.223 e. The minimum absolute atomic E-state index is 0.0129. The first-order valence-corrected chi connectivity index (χ1v) is 8.18. The lowest BCUT2D eigenvalue weighted by Gasteiger charge is -2.07. The molecule has 0 aliphatic rings. The van der Waals surface area contributed by atoms with Crippen LogP contribution >= 0.6 is 0 Å². The van der Waals surface area contributed by atoms with Gasteiger partial charge in [-0.15, -0.1) is 0 Å². The van der Waals surface area contributed by atoms with E-state index in [1.165, 1.54) is 0 Å². The van der Waals surface area contributed by atoms with E-state index in [1.807, 2.05) is 60.9 Å². The zero-order valence-electron chi connectivity index (χ0n) is 13.5. The van der Waals surface area contributed by atoms with Crippen molar-refractivity contribution in [3.63, 3.8) is 0 Å². The van der Waals surface area contributed by atoms with Crippen LogP contribution in [-0.4, -0.2) is 28.4 Å². The third-order valence-electron chi connectivity index (χ3n) is 3.76. The van der Waals surface area contributed by atoms with Crippen LogP contribution in [0.1, 0.15) is 18.7 Å². The highest BCUT2D eigenvalue weighted by molar-refractivity contribution is 5.75. The van der Waals surface area contributed by atoms with Gasteiger partial charge in [-0.2, -0.15) is 0 Å². The van der Waals surface area contributed by atoms with Gasteiger partial charge >= 0.3 is 0 Å². The molecule has 1 aromatic carbocycles. The lowest BCUT2D eigenvalue weighted by atomic mass is 10.3. The molecule has 0 aliphatic carbocycles. The first-order chi connectivity index (χ1) is 11.8. The number of para-hydroxylation sites is 1. The Bertz CT molecular complexity index is 783. The van der Waals surface area contributed by atoms with E-state index in [0.29, 0.717) is 19.6 Å². The fourth-order valence-corrected chi connectivity index (χ4v) is 2.53. The van der Waals surface area contributed by atoms with Gasteiger partial charge in [0.15, 0.2) is 0 Å². The van der Waals surface area contributed by atoms with Crippen LogP contribution in [0.25, 0.3) is 5.52 Å². The van der Waals surface area contributed by atoms with Gasteiger partial charge in [-0.3, -0.25) is 4.79 Å². The number of amides is 1. The number of aryl methyl sites for hydroxylation is 1. The van der Waals surface area contributed by atoms with E-state index < -0.39 is 0 Å². The fraction of sp³-hybridized carbons (Fsp3) is 0.263. The van der Waals surface area contributed by atoms with E-state index >= 15 is 0 Å². The number of nitrogens with one attached hydrogen (secondary N) is 1. The number of carbonyl (C=O) groups excluding carboxylic acids is 1. The van der Waals surface area contributed by atoms with Gasteiger partial charge in [-0.25, -0.2) is 4.98 Å². The van der Waals surface area contributed by atoms with Crippen LogP contribution in [0.3, 0.4) is 0 Å². The number of pyridine rings is 1. The molecule has 2 heterocycles. The van der Waals surface area contributed by atoms with Crippen molar-refractivity contribution in [1.29, 1.82) is 0 Å². The van der Waals surface area contributed by atoms with E-state index in [-0.39, 0.29) is 5.91 Å². The van der Waals surface area contributed by atoms with Crippen molar-refractivity contribution in [1.82, 2.24) is 14.7 Å². The Hall–Kier alpha value is -2.82. The third kappa shape index (κ3) is 4.35. The first-order valence-electron chi connectivity index (χ1n) is 8.18. The maximum atomic E-state index is 11.8. The number of hydrogen-bond acceptors (Lipinski definition) is 3. The highest BCUT2D eigenvalue weighted by atomic mass is 16.5. The Balaban J connectivity index is 1.33. The molecule has 0 aliphatic heterocycles. The summed E-state index contributed by atoms with van der Waals surface area (Å²) >= 11 is 0. The third-order valence-corrected chi connectivity index (χ3v) is 3.76. The summed E-state index contributed by atoms with van der Waals surface area (Å²) in [6.45, 7) is 1.03. The highest BCUT2D eigenvalue weighted by Gasteiger charge is 2.04. The average molecular weight is 323 g/mol. The van der Waals surface area contributed by atoms with Gasteiger partial charge in [0.1, 0.15) is 11.6 Å². The summed E-state index contributed by atoms with van der Waals surface area (Å²) in [4.78, 5) is 16.2. The number of fused-ring (bicyclic) bond motifs is 1. The minimum atomic E-state index is 0.0129.